The molecule has 30 heavy (non-hydrogen) atoms. The minimum atomic E-state index is -0.627. The minimum Gasteiger partial charge on any atom is -0.444 e. The maximum Gasteiger partial charge on any atom is 0.412 e. The fourth-order valence-electron chi connectivity index (χ4n) is 2.60. The van der Waals surface area contributed by atoms with Crippen molar-refractivity contribution in [2.75, 3.05) is 10.6 Å². The SMILES string of the molecule is CC(C)(C)OC(=O)Nc1ccccc1NC(=O)c1ccc(-c2ccnc(Cl)n2)cc1. The van der Waals surface area contributed by atoms with Gasteiger partial charge in [0.25, 0.3) is 5.91 Å². The molecule has 0 aliphatic rings. The summed E-state index contributed by atoms with van der Waals surface area (Å²) in [5, 5.41) is 5.62. The van der Waals surface area contributed by atoms with Crippen molar-refractivity contribution in [3.05, 3.63) is 71.6 Å². The van der Waals surface area contributed by atoms with Gasteiger partial charge in [0.1, 0.15) is 5.60 Å². The molecule has 0 aliphatic heterocycles. The molecule has 0 radical (unpaired) electrons. The summed E-state index contributed by atoms with van der Waals surface area (Å²) in [5.74, 6) is -0.319. The summed E-state index contributed by atoms with van der Waals surface area (Å²) < 4.78 is 5.27. The average Bonchev–Trinajstić information content (AvgIpc) is 2.68. The summed E-state index contributed by atoms with van der Waals surface area (Å²) in [6, 6.07) is 15.6. The molecular weight excluding hydrogens is 404 g/mol. The number of aromatic nitrogens is 2. The van der Waals surface area contributed by atoms with Crippen molar-refractivity contribution in [1.29, 1.82) is 0 Å². The molecule has 2 amide bonds. The molecule has 0 spiro atoms. The van der Waals surface area contributed by atoms with E-state index in [0.717, 1.165) is 5.56 Å². The van der Waals surface area contributed by atoms with E-state index in [-0.39, 0.29) is 11.2 Å². The van der Waals surface area contributed by atoms with Gasteiger partial charge >= 0.3 is 6.09 Å². The van der Waals surface area contributed by atoms with Crippen molar-refractivity contribution in [2.24, 2.45) is 0 Å². The van der Waals surface area contributed by atoms with E-state index in [1.807, 2.05) is 0 Å². The van der Waals surface area contributed by atoms with Gasteiger partial charge < -0.3 is 10.1 Å². The normalized spacial score (nSPS) is 10.9. The molecule has 2 aromatic carbocycles. The van der Waals surface area contributed by atoms with Crippen LogP contribution < -0.4 is 10.6 Å². The molecule has 1 aromatic heterocycles. The highest BCUT2D eigenvalue weighted by atomic mass is 35.5. The van der Waals surface area contributed by atoms with Crippen LogP contribution in [0.1, 0.15) is 31.1 Å². The first-order valence-electron chi connectivity index (χ1n) is 9.21. The van der Waals surface area contributed by atoms with Gasteiger partial charge in [0, 0.05) is 17.3 Å². The molecule has 0 aliphatic carbocycles. The van der Waals surface area contributed by atoms with Crippen LogP contribution in [0.5, 0.6) is 0 Å². The Hall–Kier alpha value is -3.45. The molecule has 154 valence electrons. The second-order valence-electron chi connectivity index (χ2n) is 7.41. The first-order valence-corrected chi connectivity index (χ1v) is 9.58. The van der Waals surface area contributed by atoms with E-state index >= 15 is 0 Å². The lowest BCUT2D eigenvalue weighted by molar-refractivity contribution is 0.0635. The first-order chi connectivity index (χ1) is 14.2. The van der Waals surface area contributed by atoms with Crippen LogP contribution in [0.2, 0.25) is 5.28 Å². The molecule has 0 saturated heterocycles. The fraction of sp³-hybridized carbons (Fsp3) is 0.182. The Labute approximate surface area is 179 Å². The maximum absolute atomic E-state index is 12.7. The highest BCUT2D eigenvalue weighted by molar-refractivity contribution is 6.28. The molecule has 0 saturated carbocycles. The predicted molar refractivity (Wildman–Crippen MR) is 117 cm³/mol. The molecule has 2 N–H and O–H groups in total. The molecule has 0 atom stereocenters. The lowest BCUT2D eigenvalue weighted by Crippen LogP contribution is -2.27. The topological polar surface area (TPSA) is 93.2 Å². The summed E-state index contributed by atoms with van der Waals surface area (Å²) in [6.45, 7) is 5.33. The Morgan fingerprint density at radius 3 is 2.17 bits per heavy atom. The zero-order chi connectivity index (χ0) is 21.7. The van der Waals surface area contributed by atoms with E-state index in [4.69, 9.17) is 16.3 Å². The van der Waals surface area contributed by atoms with Crippen molar-refractivity contribution in [3.8, 4) is 11.3 Å². The number of rotatable bonds is 4. The van der Waals surface area contributed by atoms with Crippen LogP contribution in [0.25, 0.3) is 11.3 Å². The molecule has 3 aromatic rings. The van der Waals surface area contributed by atoms with E-state index in [2.05, 4.69) is 20.6 Å². The quantitative estimate of drug-likeness (QED) is 0.547. The number of amides is 2. The predicted octanol–water partition coefficient (Wildman–Crippen LogP) is 5.40. The first kappa shape index (κ1) is 21.3. The third kappa shape index (κ3) is 5.78. The highest BCUT2D eigenvalue weighted by Gasteiger charge is 2.18. The molecule has 0 fully saturated rings. The smallest absolute Gasteiger partial charge is 0.412 e. The minimum absolute atomic E-state index is 0.156. The van der Waals surface area contributed by atoms with E-state index in [9.17, 15) is 9.59 Å². The van der Waals surface area contributed by atoms with E-state index in [1.54, 1.807) is 81.6 Å². The lowest BCUT2D eigenvalue weighted by atomic mass is 10.1. The molecule has 1 heterocycles. The second kappa shape index (κ2) is 8.92. The third-order valence-corrected chi connectivity index (χ3v) is 4.06. The van der Waals surface area contributed by atoms with Crippen molar-refractivity contribution >= 4 is 35.0 Å². The van der Waals surface area contributed by atoms with Crippen LogP contribution in [-0.2, 0) is 4.74 Å². The Bertz CT molecular complexity index is 1060. The van der Waals surface area contributed by atoms with Gasteiger partial charge in [0.15, 0.2) is 0 Å². The van der Waals surface area contributed by atoms with E-state index < -0.39 is 11.7 Å². The monoisotopic (exact) mass is 424 g/mol. The standard InChI is InChI=1S/C22H21ClN4O3/c1-22(2,3)30-21(29)27-18-7-5-4-6-17(18)25-19(28)15-10-8-14(9-11-15)16-12-13-24-20(23)26-16/h4-13H,1-3H3,(H,25,28)(H,27,29). The van der Waals surface area contributed by atoms with Gasteiger partial charge in [-0.1, -0.05) is 24.3 Å². The third-order valence-electron chi connectivity index (χ3n) is 3.88. The van der Waals surface area contributed by atoms with Crippen molar-refractivity contribution in [1.82, 2.24) is 9.97 Å². The van der Waals surface area contributed by atoms with Crippen molar-refractivity contribution in [3.63, 3.8) is 0 Å². The van der Waals surface area contributed by atoms with Gasteiger partial charge in [-0.05, 0) is 62.7 Å². The zero-order valence-corrected chi connectivity index (χ0v) is 17.5. The summed E-state index contributed by atoms with van der Waals surface area (Å²) in [4.78, 5) is 32.8. The van der Waals surface area contributed by atoms with E-state index in [0.29, 0.717) is 22.6 Å². The number of nitrogens with one attached hydrogen (secondary N) is 2. The molecule has 0 unspecified atom stereocenters. The fourth-order valence-corrected chi connectivity index (χ4v) is 2.74. The van der Waals surface area contributed by atoms with Gasteiger partial charge in [-0.15, -0.1) is 0 Å². The van der Waals surface area contributed by atoms with Crippen LogP contribution in [0.4, 0.5) is 16.2 Å². The Morgan fingerprint density at radius 2 is 1.57 bits per heavy atom. The molecule has 7 nitrogen and oxygen atoms in total. The maximum atomic E-state index is 12.7. The zero-order valence-electron chi connectivity index (χ0n) is 16.8. The number of benzene rings is 2. The Morgan fingerprint density at radius 1 is 0.933 bits per heavy atom. The van der Waals surface area contributed by atoms with Crippen LogP contribution >= 0.6 is 11.6 Å². The summed E-state index contributed by atoms with van der Waals surface area (Å²) in [5.41, 5.74) is 2.19. The number of nitrogens with zero attached hydrogens (tertiary/aromatic N) is 2. The summed E-state index contributed by atoms with van der Waals surface area (Å²) in [7, 11) is 0. The Kier molecular flexibility index (Phi) is 6.32. The van der Waals surface area contributed by atoms with Crippen molar-refractivity contribution < 1.29 is 14.3 Å². The van der Waals surface area contributed by atoms with Gasteiger partial charge in [0.2, 0.25) is 5.28 Å². The van der Waals surface area contributed by atoms with Gasteiger partial charge in [-0.2, -0.15) is 0 Å². The van der Waals surface area contributed by atoms with E-state index in [1.165, 1.54) is 0 Å². The van der Waals surface area contributed by atoms with Gasteiger partial charge in [0.05, 0.1) is 17.1 Å². The number of carbonyl (C=O) groups excluding carboxylic acids is 2. The van der Waals surface area contributed by atoms with Crippen LogP contribution in [0, 0.1) is 0 Å². The summed E-state index contributed by atoms with van der Waals surface area (Å²) in [6.07, 6.45) is 0.969. The number of hydrogen-bond acceptors (Lipinski definition) is 5. The van der Waals surface area contributed by atoms with Crippen molar-refractivity contribution in [2.45, 2.75) is 26.4 Å². The number of para-hydroxylation sites is 2. The van der Waals surface area contributed by atoms with Crippen LogP contribution in [0.3, 0.4) is 0 Å². The Balaban J connectivity index is 1.72. The number of carbonyl (C=O) groups is 2. The molecule has 0 bridgehead atoms. The number of hydrogen-bond donors (Lipinski definition) is 2. The average molecular weight is 425 g/mol. The van der Waals surface area contributed by atoms with Gasteiger partial charge in [-0.25, -0.2) is 14.8 Å². The number of halogens is 1. The van der Waals surface area contributed by atoms with Gasteiger partial charge in [-0.3, -0.25) is 10.1 Å². The largest absolute Gasteiger partial charge is 0.444 e. The molecule has 8 heteroatoms. The van der Waals surface area contributed by atoms with Crippen LogP contribution in [-0.4, -0.2) is 27.6 Å². The summed E-state index contributed by atoms with van der Waals surface area (Å²) >= 11 is 5.83. The number of anilines is 2. The lowest BCUT2D eigenvalue weighted by Gasteiger charge is -2.20. The number of ether oxygens (including phenoxy) is 1. The molecular formula is C22H21ClN4O3. The highest BCUT2D eigenvalue weighted by Crippen LogP contribution is 2.24. The molecule has 3 rings (SSSR count). The second-order valence-corrected chi connectivity index (χ2v) is 7.75. The van der Waals surface area contributed by atoms with Crippen LogP contribution in [0.15, 0.2) is 60.8 Å².